The van der Waals surface area contributed by atoms with Crippen molar-refractivity contribution < 1.29 is 4.79 Å². The summed E-state index contributed by atoms with van der Waals surface area (Å²) < 4.78 is 0. The largest absolute Gasteiger partial charge is 0.338 e. The SMILES string of the molecule is Cc1cccc(-c2nc(CC(=O)N3CCCCC3CN)cs2)c1.Cl.Cl. The summed E-state index contributed by atoms with van der Waals surface area (Å²) in [6, 6.07) is 8.50. The van der Waals surface area contributed by atoms with Gasteiger partial charge < -0.3 is 10.6 Å². The third-order valence-electron chi connectivity index (χ3n) is 4.37. The van der Waals surface area contributed by atoms with Crippen molar-refractivity contribution >= 4 is 42.1 Å². The summed E-state index contributed by atoms with van der Waals surface area (Å²) in [6.45, 7) is 3.46. The lowest BCUT2D eigenvalue weighted by atomic mass is 10.0. The van der Waals surface area contributed by atoms with Gasteiger partial charge in [0.1, 0.15) is 5.01 Å². The van der Waals surface area contributed by atoms with Crippen molar-refractivity contribution in [3.8, 4) is 10.6 Å². The van der Waals surface area contributed by atoms with Crippen LogP contribution >= 0.6 is 36.2 Å². The molecule has 1 aromatic carbocycles. The summed E-state index contributed by atoms with van der Waals surface area (Å²) in [5.41, 5.74) is 9.00. The molecular formula is C18H25Cl2N3OS. The van der Waals surface area contributed by atoms with Gasteiger partial charge in [-0.05, 0) is 32.3 Å². The number of rotatable bonds is 4. The zero-order valence-corrected chi connectivity index (χ0v) is 16.8. The van der Waals surface area contributed by atoms with Crippen LogP contribution in [0.1, 0.15) is 30.5 Å². The molecule has 0 radical (unpaired) electrons. The molecule has 2 heterocycles. The van der Waals surface area contributed by atoms with Crippen molar-refractivity contribution in [2.75, 3.05) is 13.1 Å². The lowest BCUT2D eigenvalue weighted by molar-refractivity contribution is -0.133. The monoisotopic (exact) mass is 401 g/mol. The van der Waals surface area contributed by atoms with E-state index in [9.17, 15) is 4.79 Å². The Hall–Kier alpha value is -1.14. The normalized spacial score (nSPS) is 16.7. The number of thiazole rings is 1. The Morgan fingerprint density at radius 3 is 2.88 bits per heavy atom. The molecule has 25 heavy (non-hydrogen) atoms. The number of nitrogens with zero attached hydrogens (tertiary/aromatic N) is 2. The van der Waals surface area contributed by atoms with E-state index in [-0.39, 0.29) is 36.8 Å². The Morgan fingerprint density at radius 2 is 2.16 bits per heavy atom. The fourth-order valence-corrected chi connectivity index (χ4v) is 3.95. The molecule has 1 aliphatic rings. The average molecular weight is 402 g/mol. The van der Waals surface area contributed by atoms with Gasteiger partial charge in [0.05, 0.1) is 12.1 Å². The first kappa shape index (κ1) is 21.9. The number of likely N-dealkylation sites (tertiary alicyclic amines) is 1. The molecule has 0 saturated carbocycles. The van der Waals surface area contributed by atoms with Gasteiger partial charge in [-0.3, -0.25) is 4.79 Å². The summed E-state index contributed by atoms with van der Waals surface area (Å²) in [5, 5.41) is 2.97. The molecule has 1 atom stereocenters. The topological polar surface area (TPSA) is 59.2 Å². The Labute approximate surface area is 165 Å². The molecule has 7 heteroatoms. The van der Waals surface area contributed by atoms with Crippen LogP contribution in [0.25, 0.3) is 10.6 Å². The maximum atomic E-state index is 12.6. The Kier molecular flexibility index (Phi) is 8.86. The molecule has 1 unspecified atom stereocenters. The lowest BCUT2D eigenvalue weighted by Gasteiger charge is -2.35. The molecule has 4 nitrogen and oxygen atoms in total. The van der Waals surface area contributed by atoms with Crippen LogP contribution in [-0.4, -0.2) is 34.9 Å². The van der Waals surface area contributed by atoms with E-state index >= 15 is 0 Å². The van der Waals surface area contributed by atoms with Gasteiger partial charge in [-0.1, -0.05) is 23.8 Å². The van der Waals surface area contributed by atoms with E-state index in [0.29, 0.717) is 13.0 Å². The lowest BCUT2D eigenvalue weighted by Crippen LogP contribution is -2.48. The highest BCUT2D eigenvalue weighted by atomic mass is 35.5. The molecule has 2 N–H and O–H groups in total. The first-order chi connectivity index (χ1) is 11.2. The minimum atomic E-state index is 0. The van der Waals surface area contributed by atoms with Crippen LogP contribution < -0.4 is 5.73 Å². The zero-order valence-electron chi connectivity index (χ0n) is 14.3. The van der Waals surface area contributed by atoms with E-state index in [1.54, 1.807) is 11.3 Å². The second-order valence-corrected chi connectivity index (χ2v) is 7.02. The number of carbonyl (C=O) groups is 1. The van der Waals surface area contributed by atoms with Crippen LogP contribution in [-0.2, 0) is 11.2 Å². The quantitative estimate of drug-likeness (QED) is 0.845. The molecule has 0 bridgehead atoms. The van der Waals surface area contributed by atoms with E-state index in [1.165, 1.54) is 12.0 Å². The van der Waals surface area contributed by atoms with Crippen LogP contribution in [0.5, 0.6) is 0 Å². The van der Waals surface area contributed by atoms with Gasteiger partial charge in [0.2, 0.25) is 5.91 Å². The Balaban J connectivity index is 0.00000156. The number of halogens is 2. The first-order valence-electron chi connectivity index (χ1n) is 8.18. The van der Waals surface area contributed by atoms with Gasteiger partial charge in [-0.15, -0.1) is 36.2 Å². The zero-order chi connectivity index (χ0) is 16.2. The van der Waals surface area contributed by atoms with Gasteiger partial charge in [0, 0.05) is 30.1 Å². The van der Waals surface area contributed by atoms with Gasteiger partial charge in [0.15, 0.2) is 0 Å². The van der Waals surface area contributed by atoms with E-state index in [0.717, 1.165) is 35.7 Å². The molecule has 0 aliphatic carbocycles. The number of piperidine rings is 1. The van der Waals surface area contributed by atoms with E-state index in [2.05, 4.69) is 30.1 Å². The van der Waals surface area contributed by atoms with Crippen molar-refractivity contribution in [1.82, 2.24) is 9.88 Å². The third kappa shape index (κ3) is 5.42. The highest BCUT2D eigenvalue weighted by Gasteiger charge is 2.25. The summed E-state index contributed by atoms with van der Waals surface area (Å²) in [7, 11) is 0. The molecule has 138 valence electrons. The third-order valence-corrected chi connectivity index (χ3v) is 5.31. The van der Waals surface area contributed by atoms with Crippen LogP contribution in [0.3, 0.4) is 0 Å². The fraction of sp³-hybridized carbons (Fsp3) is 0.444. The van der Waals surface area contributed by atoms with E-state index < -0.39 is 0 Å². The van der Waals surface area contributed by atoms with Crippen LogP contribution in [0.4, 0.5) is 0 Å². The number of nitrogens with two attached hydrogens (primary N) is 1. The van der Waals surface area contributed by atoms with Gasteiger partial charge >= 0.3 is 0 Å². The number of hydrogen-bond acceptors (Lipinski definition) is 4. The molecule has 3 rings (SSSR count). The summed E-state index contributed by atoms with van der Waals surface area (Å²) in [5.74, 6) is 0.154. The minimum absolute atomic E-state index is 0. The number of carbonyl (C=O) groups excluding carboxylic acids is 1. The second kappa shape index (κ2) is 10.1. The summed E-state index contributed by atoms with van der Waals surface area (Å²) in [6.07, 6.45) is 3.64. The van der Waals surface area contributed by atoms with Crippen molar-refractivity contribution in [3.63, 3.8) is 0 Å². The van der Waals surface area contributed by atoms with Gasteiger partial charge in [-0.2, -0.15) is 0 Å². The fourth-order valence-electron chi connectivity index (χ4n) is 3.13. The minimum Gasteiger partial charge on any atom is -0.338 e. The maximum Gasteiger partial charge on any atom is 0.228 e. The number of hydrogen-bond donors (Lipinski definition) is 1. The predicted octanol–water partition coefficient (Wildman–Crippen LogP) is 3.84. The molecule has 2 aromatic rings. The highest BCUT2D eigenvalue weighted by molar-refractivity contribution is 7.13. The molecule has 1 aliphatic heterocycles. The predicted molar refractivity (Wildman–Crippen MR) is 109 cm³/mol. The number of aryl methyl sites for hydroxylation is 1. The van der Waals surface area contributed by atoms with Crippen LogP contribution in [0, 0.1) is 6.92 Å². The molecule has 0 spiro atoms. The Morgan fingerprint density at radius 1 is 1.36 bits per heavy atom. The maximum absolute atomic E-state index is 12.6. The van der Waals surface area contributed by atoms with E-state index in [1.807, 2.05) is 16.3 Å². The summed E-state index contributed by atoms with van der Waals surface area (Å²) in [4.78, 5) is 19.2. The number of aromatic nitrogens is 1. The van der Waals surface area contributed by atoms with Crippen LogP contribution in [0.2, 0.25) is 0 Å². The average Bonchev–Trinajstić information content (AvgIpc) is 3.03. The van der Waals surface area contributed by atoms with Crippen molar-refractivity contribution in [3.05, 3.63) is 40.9 Å². The highest BCUT2D eigenvalue weighted by Crippen LogP contribution is 2.25. The number of amides is 1. The standard InChI is InChI=1S/C18H23N3OS.2ClH/c1-13-5-4-6-14(9-13)18-20-15(12-23-18)10-17(22)21-8-3-2-7-16(21)11-19;;/h4-6,9,12,16H,2-3,7-8,10-11,19H2,1H3;2*1H. The van der Waals surface area contributed by atoms with Crippen molar-refractivity contribution in [2.24, 2.45) is 5.73 Å². The van der Waals surface area contributed by atoms with Crippen molar-refractivity contribution in [2.45, 2.75) is 38.6 Å². The van der Waals surface area contributed by atoms with Gasteiger partial charge in [-0.25, -0.2) is 4.98 Å². The molecular weight excluding hydrogens is 377 g/mol. The second-order valence-electron chi connectivity index (χ2n) is 6.16. The van der Waals surface area contributed by atoms with Crippen molar-refractivity contribution in [1.29, 1.82) is 0 Å². The molecule has 1 amide bonds. The smallest absolute Gasteiger partial charge is 0.228 e. The number of benzene rings is 1. The molecule has 1 aromatic heterocycles. The first-order valence-corrected chi connectivity index (χ1v) is 9.06. The molecule has 1 fully saturated rings. The Bertz CT molecular complexity index is 692. The molecule has 1 saturated heterocycles. The van der Waals surface area contributed by atoms with Crippen LogP contribution in [0.15, 0.2) is 29.6 Å². The van der Waals surface area contributed by atoms with Gasteiger partial charge in [0.25, 0.3) is 0 Å². The summed E-state index contributed by atoms with van der Waals surface area (Å²) >= 11 is 1.60. The van der Waals surface area contributed by atoms with E-state index in [4.69, 9.17) is 5.73 Å².